The van der Waals surface area contributed by atoms with E-state index >= 15 is 0 Å². The lowest BCUT2D eigenvalue weighted by Gasteiger charge is -2.23. The SMILES string of the molecule is CC(C)(NCc1cn2ccccc2n1)c1nccs1. The van der Waals surface area contributed by atoms with Crippen LogP contribution in [0.25, 0.3) is 5.65 Å². The normalized spacial score (nSPS) is 12.1. The Morgan fingerprint density at radius 3 is 3.00 bits per heavy atom. The summed E-state index contributed by atoms with van der Waals surface area (Å²) in [5.41, 5.74) is 1.88. The van der Waals surface area contributed by atoms with Crippen molar-refractivity contribution in [2.75, 3.05) is 0 Å². The first-order valence-electron chi connectivity index (χ1n) is 6.23. The van der Waals surface area contributed by atoms with E-state index in [1.807, 2.05) is 40.4 Å². The number of fused-ring (bicyclic) bond motifs is 1. The summed E-state index contributed by atoms with van der Waals surface area (Å²) in [5, 5.41) is 6.61. The first kappa shape index (κ1) is 12.3. The number of thiazole rings is 1. The minimum absolute atomic E-state index is 0.135. The van der Waals surface area contributed by atoms with Crippen LogP contribution in [0.2, 0.25) is 0 Å². The van der Waals surface area contributed by atoms with Crippen molar-refractivity contribution in [3.63, 3.8) is 0 Å². The van der Waals surface area contributed by atoms with E-state index in [0.717, 1.165) is 22.9 Å². The monoisotopic (exact) mass is 272 g/mol. The molecule has 0 aliphatic heterocycles. The van der Waals surface area contributed by atoms with Gasteiger partial charge in [-0.15, -0.1) is 11.3 Å². The second kappa shape index (κ2) is 4.75. The van der Waals surface area contributed by atoms with Crippen LogP contribution in [0.1, 0.15) is 24.5 Å². The molecule has 98 valence electrons. The molecule has 3 aromatic rings. The standard InChI is InChI=1S/C14H16N4S/c1-14(2,13-15-6-8-19-13)16-9-11-10-18-7-4-3-5-12(18)17-11/h3-8,10,16H,9H2,1-2H3. The molecule has 1 N–H and O–H groups in total. The largest absolute Gasteiger partial charge is 0.307 e. The van der Waals surface area contributed by atoms with Gasteiger partial charge in [0.05, 0.1) is 11.2 Å². The van der Waals surface area contributed by atoms with Gasteiger partial charge in [-0.25, -0.2) is 9.97 Å². The van der Waals surface area contributed by atoms with Crippen molar-refractivity contribution >= 4 is 17.0 Å². The van der Waals surface area contributed by atoms with Gasteiger partial charge in [-0.05, 0) is 26.0 Å². The molecule has 0 saturated heterocycles. The van der Waals surface area contributed by atoms with Gasteiger partial charge in [0.15, 0.2) is 0 Å². The van der Waals surface area contributed by atoms with E-state index in [9.17, 15) is 0 Å². The second-order valence-electron chi connectivity index (χ2n) is 5.01. The highest BCUT2D eigenvalue weighted by Crippen LogP contribution is 2.22. The summed E-state index contributed by atoms with van der Waals surface area (Å²) in [4.78, 5) is 8.95. The average molecular weight is 272 g/mol. The minimum Gasteiger partial charge on any atom is -0.307 e. The number of rotatable bonds is 4. The van der Waals surface area contributed by atoms with Crippen LogP contribution in [0.15, 0.2) is 42.2 Å². The van der Waals surface area contributed by atoms with Crippen LogP contribution in [0.5, 0.6) is 0 Å². The molecule has 0 aliphatic carbocycles. The van der Waals surface area contributed by atoms with Crippen LogP contribution in [-0.4, -0.2) is 14.4 Å². The number of nitrogens with one attached hydrogen (secondary N) is 1. The molecule has 0 radical (unpaired) electrons. The van der Waals surface area contributed by atoms with Crippen molar-refractivity contribution < 1.29 is 0 Å². The fourth-order valence-corrected chi connectivity index (χ4v) is 2.73. The summed E-state index contributed by atoms with van der Waals surface area (Å²) in [6.07, 6.45) is 5.91. The summed E-state index contributed by atoms with van der Waals surface area (Å²) < 4.78 is 2.04. The van der Waals surface area contributed by atoms with Gasteiger partial charge in [0, 0.05) is 30.5 Å². The Hall–Kier alpha value is -1.72. The zero-order valence-electron chi connectivity index (χ0n) is 11.0. The molecule has 0 bridgehead atoms. The summed E-state index contributed by atoms with van der Waals surface area (Å²) >= 11 is 1.67. The Labute approximate surface area is 116 Å². The van der Waals surface area contributed by atoms with Crippen molar-refractivity contribution in [1.82, 2.24) is 19.7 Å². The molecule has 0 atom stereocenters. The van der Waals surface area contributed by atoms with Gasteiger partial charge in [-0.1, -0.05) is 6.07 Å². The lowest BCUT2D eigenvalue weighted by atomic mass is 10.1. The minimum atomic E-state index is -0.135. The fourth-order valence-electron chi connectivity index (χ4n) is 1.99. The highest BCUT2D eigenvalue weighted by atomic mass is 32.1. The third-order valence-corrected chi connectivity index (χ3v) is 4.19. The van der Waals surface area contributed by atoms with Crippen molar-refractivity contribution in [2.24, 2.45) is 0 Å². The zero-order chi connectivity index (χ0) is 13.3. The van der Waals surface area contributed by atoms with E-state index in [1.165, 1.54) is 0 Å². The number of hydrogen-bond donors (Lipinski definition) is 1. The predicted molar refractivity (Wildman–Crippen MR) is 77.2 cm³/mol. The third-order valence-electron chi connectivity index (χ3n) is 3.09. The smallest absolute Gasteiger partial charge is 0.137 e. The highest BCUT2D eigenvalue weighted by Gasteiger charge is 2.22. The quantitative estimate of drug-likeness (QED) is 0.794. The maximum absolute atomic E-state index is 4.58. The van der Waals surface area contributed by atoms with Crippen LogP contribution in [-0.2, 0) is 12.1 Å². The van der Waals surface area contributed by atoms with Crippen molar-refractivity contribution in [3.8, 4) is 0 Å². The van der Waals surface area contributed by atoms with Crippen molar-refractivity contribution in [2.45, 2.75) is 25.9 Å². The Morgan fingerprint density at radius 2 is 2.26 bits per heavy atom. The number of pyridine rings is 1. The van der Waals surface area contributed by atoms with Gasteiger partial charge in [-0.2, -0.15) is 0 Å². The molecule has 0 spiro atoms. The van der Waals surface area contributed by atoms with E-state index in [1.54, 1.807) is 11.3 Å². The summed E-state index contributed by atoms with van der Waals surface area (Å²) in [7, 11) is 0. The Morgan fingerprint density at radius 1 is 1.37 bits per heavy atom. The molecule has 0 aliphatic rings. The maximum atomic E-state index is 4.58. The topological polar surface area (TPSA) is 42.2 Å². The molecule has 19 heavy (non-hydrogen) atoms. The van der Waals surface area contributed by atoms with Gasteiger partial charge >= 0.3 is 0 Å². The van der Waals surface area contributed by atoms with E-state index in [4.69, 9.17) is 0 Å². The van der Waals surface area contributed by atoms with Gasteiger partial charge in [-0.3, -0.25) is 0 Å². The molecule has 0 unspecified atom stereocenters. The number of imidazole rings is 1. The lowest BCUT2D eigenvalue weighted by molar-refractivity contribution is 0.397. The summed E-state index contributed by atoms with van der Waals surface area (Å²) in [6.45, 7) is 5.01. The van der Waals surface area contributed by atoms with Crippen molar-refractivity contribution in [3.05, 3.63) is 52.9 Å². The molecule has 3 aromatic heterocycles. The Balaban J connectivity index is 1.75. The van der Waals surface area contributed by atoms with Crippen LogP contribution >= 0.6 is 11.3 Å². The summed E-state index contributed by atoms with van der Waals surface area (Å²) in [5.74, 6) is 0. The Bertz CT molecular complexity index is 637. The van der Waals surface area contributed by atoms with E-state index < -0.39 is 0 Å². The predicted octanol–water partition coefficient (Wildman–Crippen LogP) is 2.82. The number of nitrogens with zero attached hydrogens (tertiary/aromatic N) is 3. The molecule has 3 heterocycles. The van der Waals surface area contributed by atoms with Gasteiger partial charge < -0.3 is 9.72 Å². The lowest BCUT2D eigenvalue weighted by Crippen LogP contribution is -2.35. The van der Waals surface area contributed by atoms with E-state index in [0.29, 0.717) is 0 Å². The number of aromatic nitrogens is 3. The van der Waals surface area contributed by atoms with Crippen LogP contribution in [0.4, 0.5) is 0 Å². The van der Waals surface area contributed by atoms with Crippen molar-refractivity contribution in [1.29, 1.82) is 0 Å². The number of hydrogen-bond acceptors (Lipinski definition) is 4. The molecule has 0 saturated carbocycles. The second-order valence-corrected chi connectivity index (χ2v) is 5.91. The fraction of sp³-hybridized carbons (Fsp3) is 0.286. The molecule has 5 heteroatoms. The van der Waals surface area contributed by atoms with Gasteiger partial charge in [0.1, 0.15) is 10.7 Å². The maximum Gasteiger partial charge on any atom is 0.137 e. The molecule has 3 rings (SSSR count). The third kappa shape index (κ3) is 2.52. The first-order valence-corrected chi connectivity index (χ1v) is 7.11. The molecular weight excluding hydrogens is 256 g/mol. The Kier molecular flexibility index (Phi) is 3.08. The molecule has 0 aromatic carbocycles. The van der Waals surface area contributed by atoms with Gasteiger partial charge in [0.25, 0.3) is 0 Å². The van der Waals surface area contributed by atoms with Crippen LogP contribution in [0, 0.1) is 0 Å². The molecular formula is C14H16N4S. The van der Waals surface area contributed by atoms with Crippen LogP contribution in [0.3, 0.4) is 0 Å². The van der Waals surface area contributed by atoms with E-state index in [-0.39, 0.29) is 5.54 Å². The first-order chi connectivity index (χ1) is 9.15. The zero-order valence-corrected chi connectivity index (χ0v) is 11.8. The van der Waals surface area contributed by atoms with Crippen LogP contribution < -0.4 is 5.32 Å². The molecule has 0 fully saturated rings. The van der Waals surface area contributed by atoms with E-state index in [2.05, 4.69) is 35.3 Å². The average Bonchev–Trinajstić information content (AvgIpc) is 3.05. The van der Waals surface area contributed by atoms with Gasteiger partial charge in [0.2, 0.25) is 0 Å². The summed E-state index contributed by atoms with van der Waals surface area (Å²) in [6, 6.07) is 6.01. The highest BCUT2D eigenvalue weighted by molar-refractivity contribution is 7.09. The molecule has 0 amide bonds. The molecule has 4 nitrogen and oxygen atoms in total.